The van der Waals surface area contributed by atoms with Crippen molar-refractivity contribution in [3.63, 3.8) is 0 Å². The van der Waals surface area contributed by atoms with E-state index >= 15 is 0 Å². The van der Waals surface area contributed by atoms with Crippen LogP contribution in [0.1, 0.15) is 23.0 Å². The lowest BCUT2D eigenvalue weighted by molar-refractivity contribution is 0.0916. The highest BCUT2D eigenvalue weighted by Gasteiger charge is 2.11. The highest BCUT2D eigenvalue weighted by Crippen LogP contribution is 2.02. The first-order valence-corrected chi connectivity index (χ1v) is 4.48. The molecule has 76 valence electrons. The lowest BCUT2D eigenvalue weighted by Crippen LogP contribution is -2.35. The Kier molecular flexibility index (Phi) is 3.59. The Morgan fingerprint density at radius 1 is 1.71 bits per heavy atom. The number of aromatic nitrogens is 1. The average Bonchev–Trinajstić information content (AvgIpc) is 2.18. The van der Waals surface area contributed by atoms with Crippen LogP contribution in [-0.2, 0) is 0 Å². The van der Waals surface area contributed by atoms with Crippen molar-refractivity contribution in [3.8, 4) is 0 Å². The number of hydrogen-bond donors (Lipinski definition) is 2. The minimum atomic E-state index is -0.246. The van der Waals surface area contributed by atoms with Gasteiger partial charge in [-0.3, -0.25) is 9.78 Å². The molecule has 4 heteroatoms. The van der Waals surface area contributed by atoms with Crippen LogP contribution < -0.4 is 5.32 Å². The molecule has 14 heavy (non-hydrogen) atoms. The van der Waals surface area contributed by atoms with Gasteiger partial charge < -0.3 is 10.4 Å². The molecule has 0 aliphatic carbocycles. The second-order valence-electron chi connectivity index (χ2n) is 3.23. The fourth-order valence-corrected chi connectivity index (χ4v) is 1.06. The Labute approximate surface area is 83.0 Å². The van der Waals surface area contributed by atoms with Gasteiger partial charge >= 0.3 is 0 Å². The maximum atomic E-state index is 11.6. The zero-order valence-electron chi connectivity index (χ0n) is 8.32. The normalized spacial score (nSPS) is 12.2. The van der Waals surface area contributed by atoms with Crippen LogP contribution in [0, 0.1) is 6.92 Å². The highest BCUT2D eigenvalue weighted by molar-refractivity contribution is 5.93. The smallest absolute Gasteiger partial charge is 0.270 e. The molecule has 0 radical (unpaired) electrons. The van der Waals surface area contributed by atoms with E-state index < -0.39 is 0 Å². The average molecular weight is 194 g/mol. The Morgan fingerprint density at radius 2 is 2.43 bits per heavy atom. The van der Waals surface area contributed by atoms with Crippen molar-refractivity contribution in [2.24, 2.45) is 0 Å². The lowest BCUT2D eigenvalue weighted by atomic mass is 10.2. The molecule has 0 saturated carbocycles. The largest absolute Gasteiger partial charge is 0.394 e. The van der Waals surface area contributed by atoms with Crippen LogP contribution in [-0.4, -0.2) is 28.6 Å². The van der Waals surface area contributed by atoms with Crippen LogP contribution in [0.15, 0.2) is 18.3 Å². The summed E-state index contributed by atoms with van der Waals surface area (Å²) >= 11 is 0. The Morgan fingerprint density at radius 3 is 3.00 bits per heavy atom. The fraction of sp³-hybridized carbons (Fsp3) is 0.400. The standard InChI is InChI=1S/C10H14N2O2/c1-7-4-3-5-11-9(7)10(14)12-8(2)6-13/h3-5,8,13H,6H2,1-2H3,(H,12,14)/t8-/m0/s1. The molecule has 0 fully saturated rings. The molecule has 0 unspecified atom stereocenters. The van der Waals surface area contributed by atoms with Gasteiger partial charge in [-0.05, 0) is 25.5 Å². The van der Waals surface area contributed by atoms with E-state index in [2.05, 4.69) is 10.3 Å². The topological polar surface area (TPSA) is 62.2 Å². The van der Waals surface area contributed by atoms with E-state index in [-0.39, 0.29) is 18.6 Å². The number of hydrogen-bond acceptors (Lipinski definition) is 3. The summed E-state index contributed by atoms with van der Waals surface area (Å²) in [5, 5.41) is 11.4. The van der Waals surface area contributed by atoms with E-state index in [0.29, 0.717) is 5.69 Å². The maximum Gasteiger partial charge on any atom is 0.270 e. The number of aliphatic hydroxyl groups is 1. The van der Waals surface area contributed by atoms with E-state index in [9.17, 15) is 4.79 Å². The van der Waals surface area contributed by atoms with Gasteiger partial charge in [0.1, 0.15) is 5.69 Å². The lowest BCUT2D eigenvalue weighted by Gasteiger charge is -2.10. The van der Waals surface area contributed by atoms with E-state index in [1.165, 1.54) is 0 Å². The SMILES string of the molecule is Cc1cccnc1C(=O)N[C@@H](C)CO. The van der Waals surface area contributed by atoms with Gasteiger partial charge in [-0.1, -0.05) is 6.07 Å². The number of aliphatic hydroxyl groups excluding tert-OH is 1. The highest BCUT2D eigenvalue weighted by atomic mass is 16.3. The molecule has 1 heterocycles. The van der Waals surface area contributed by atoms with Crippen molar-refractivity contribution in [2.45, 2.75) is 19.9 Å². The summed E-state index contributed by atoms with van der Waals surface area (Å²) in [5.41, 5.74) is 1.24. The fourth-order valence-electron chi connectivity index (χ4n) is 1.06. The number of pyridine rings is 1. The molecule has 1 aromatic rings. The van der Waals surface area contributed by atoms with Crippen molar-refractivity contribution in [2.75, 3.05) is 6.61 Å². The van der Waals surface area contributed by atoms with Gasteiger partial charge in [0.05, 0.1) is 6.61 Å². The summed E-state index contributed by atoms with van der Waals surface area (Å²) in [6.07, 6.45) is 1.57. The molecule has 4 nitrogen and oxygen atoms in total. The minimum absolute atomic E-state index is 0.0718. The van der Waals surface area contributed by atoms with E-state index in [0.717, 1.165) is 5.56 Å². The molecular formula is C10H14N2O2. The van der Waals surface area contributed by atoms with Gasteiger partial charge in [-0.2, -0.15) is 0 Å². The van der Waals surface area contributed by atoms with Crippen molar-refractivity contribution in [3.05, 3.63) is 29.6 Å². The van der Waals surface area contributed by atoms with E-state index in [1.807, 2.05) is 13.0 Å². The first kappa shape index (κ1) is 10.7. The number of carbonyl (C=O) groups excluding carboxylic acids is 1. The molecule has 0 aliphatic rings. The molecule has 1 amide bonds. The number of amides is 1. The number of nitrogens with zero attached hydrogens (tertiary/aromatic N) is 1. The van der Waals surface area contributed by atoms with Gasteiger partial charge in [0.25, 0.3) is 5.91 Å². The van der Waals surface area contributed by atoms with Gasteiger partial charge in [0, 0.05) is 12.2 Å². The number of carbonyl (C=O) groups is 1. The molecule has 0 aliphatic heterocycles. The molecule has 1 atom stereocenters. The van der Waals surface area contributed by atoms with Crippen LogP contribution in [0.3, 0.4) is 0 Å². The van der Waals surface area contributed by atoms with Crippen molar-refractivity contribution >= 4 is 5.91 Å². The zero-order chi connectivity index (χ0) is 10.6. The third-order valence-electron chi connectivity index (χ3n) is 1.88. The molecule has 0 spiro atoms. The van der Waals surface area contributed by atoms with Gasteiger partial charge in [0.2, 0.25) is 0 Å². The quantitative estimate of drug-likeness (QED) is 0.736. The van der Waals surface area contributed by atoms with Crippen molar-refractivity contribution in [1.82, 2.24) is 10.3 Å². The molecule has 1 rings (SSSR count). The predicted molar refractivity (Wildman–Crippen MR) is 53.0 cm³/mol. The minimum Gasteiger partial charge on any atom is -0.394 e. The maximum absolute atomic E-state index is 11.6. The summed E-state index contributed by atoms with van der Waals surface area (Å²) in [4.78, 5) is 15.5. The predicted octanol–water partition coefficient (Wildman–Crippen LogP) is 0.501. The Bertz CT molecular complexity index is 326. The van der Waals surface area contributed by atoms with Crippen LogP contribution in [0.2, 0.25) is 0 Å². The summed E-state index contributed by atoms with van der Waals surface area (Å²) in [7, 11) is 0. The monoisotopic (exact) mass is 194 g/mol. The third kappa shape index (κ3) is 2.53. The summed E-state index contributed by atoms with van der Waals surface area (Å²) in [6, 6.07) is 3.36. The third-order valence-corrected chi connectivity index (χ3v) is 1.88. The Hall–Kier alpha value is -1.42. The van der Waals surface area contributed by atoms with Gasteiger partial charge in [-0.15, -0.1) is 0 Å². The molecule has 2 N–H and O–H groups in total. The van der Waals surface area contributed by atoms with Crippen LogP contribution in [0.5, 0.6) is 0 Å². The molecule has 0 saturated heterocycles. The molecule has 0 aromatic carbocycles. The first-order chi connectivity index (χ1) is 6.65. The van der Waals surface area contributed by atoms with E-state index in [1.54, 1.807) is 19.2 Å². The second-order valence-corrected chi connectivity index (χ2v) is 3.23. The summed E-state index contributed by atoms with van der Waals surface area (Å²) in [5.74, 6) is -0.246. The van der Waals surface area contributed by atoms with Crippen molar-refractivity contribution < 1.29 is 9.90 Å². The van der Waals surface area contributed by atoms with Crippen LogP contribution in [0.25, 0.3) is 0 Å². The van der Waals surface area contributed by atoms with Gasteiger partial charge in [0.15, 0.2) is 0 Å². The van der Waals surface area contributed by atoms with Crippen molar-refractivity contribution in [1.29, 1.82) is 0 Å². The number of aryl methyl sites for hydroxylation is 1. The first-order valence-electron chi connectivity index (χ1n) is 4.48. The summed E-state index contributed by atoms with van der Waals surface area (Å²) < 4.78 is 0. The number of rotatable bonds is 3. The summed E-state index contributed by atoms with van der Waals surface area (Å²) in [6.45, 7) is 3.49. The second kappa shape index (κ2) is 4.72. The zero-order valence-corrected chi connectivity index (χ0v) is 8.32. The van der Waals surface area contributed by atoms with E-state index in [4.69, 9.17) is 5.11 Å². The van der Waals surface area contributed by atoms with Crippen LogP contribution >= 0.6 is 0 Å². The molecular weight excluding hydrogens is 180 g/mol. The van der Waals surface area contributed by atoms with Crippen LogP contribution in [0.4, 0.5) is 0 Å². The van der Waals surface area contributed by atoms with Gasteiger partial charge in [-0.25, -0.2) is 0 Å². The molecule has 1 aromatic heterocycles. The Balaban J connectivity index is 2.75. The molecule has 0 bridgehead atoms. The number of nitrogens with one attached hydrogen (secondary N) is 1.